The van der Waals surface area contributed by atoms with Gasteiger partial charge in [-0.3, -0.25) is 4.79 Å². The number of nitrogens with zero attached hydrogens (tertiary/aromatic N) is 1. The highest BCUT2D eigenvalue weighted by atomic mass is 79.9. The highest BCUT2D eigenvalue weighted by Gasteiger charge is 2.27. The van der Waals surface area contributed by atoms with Gasteiger partial charge in [0.15, 0.2) is 12.6 Å². The smallest absolute Gasteiger partial charge is 0.274 e. The second-order valence-corrected chi connectivity index (χ2v) is 7.82. The number of halogens is 2. The number of hydrogen-bond donors (Lipinski definition) is 1. The Hall–Kier alpha value is -1.60. The van der Waals surface area contributed by atoms with E-state index in [0.717, 1.165) is 24.4 Å². The van der Waals surface area contributed by atoms with Gasteiger partial charge in [-0.05, 0) is 40.8 Å². The Morgan fingerprint density at radius 1 is 1.42 bits per heavy atom. The van der Waals surface area contributed by atoms with Crippen molar-refractivity contribution in [1.82, 2.24) is 4.57 Å². The van der Waals surface area contributed by atoms with E-state index in [0.29, 0.717) is 35.3 Å². The molecule has 1 N–H and O–H groups in total. The molecule has 1 aromatic carbocycles. The van der Waals surface area contributed by atoms with Crippen LogP contribution in [0, 0.1) is 11.7 Å². The SMILES string of the molecule is COCOc1c(Br)c(F)c2cc(NCCC3CCC3)c(=O)n3c2c1CC3. The lowest BCUT2D eigenvalue weighted by Crippen LogP contribution is -2.24. The summed E-state index contributed by atoms with van der Waals surface area (Å²) in [6, 6.07) is 1.64. The molecule has 5 nitrogen and oxygen atoms in total. The Morgan fingerprint density at radius 3 is 2.92 bits per heavy atom. The standard InChI is InChI=1S/C19H22BrFN2O3/c1-25-10-26-18-12-6-8-23-17(12)13(16(21)15(18)20)9-14(19(23)24)22-7-5-11-3-2-4-11/h9,11,22H,2-8,10H2,1H3. The van der Waals surface area contributed by atoms with Crippen molar-refractivity contribution in [2.45, 2.75) is 38.6 Å². The third-order valence-electron chi connectivity index (χ3n) is 5.48. The highest BCUT2D eigenvalue weighted by Crippen LogP contribution is 2.41. The predicted octanol–water partition coefficient (Wildman–Crippen LogP) is 4.04. The van der Waals surface area contributed by atoms with Crippen LogP contribution in [0.15, 0.2) is 15.3 Å². The Morgan fingerprint density at radius 2 is 2.23 bits per heavy atom. The number of ether oxygens (including phenoxy) is 2. The van der Waals surface area contributed by atoms with Gasteiger partial charge in [0, 0.05) is 31.1 Å². The predicted molar refractivity (Wildman–Crippen MR) is 103 cm³/mol. The van der Waals surface area contributed by atoms with Gasteiger partial charge in [0.1, 0.15) is 11.4 Å². The average Bonchev–Trinajstić information content (AvgIpc) is 3.03. The third-order valence-corrected chi connectivity index (χ3v) is 6.19. The van der Waals surface area contributed by atoms with Crippen LogP contribution in [-0.2, 0) is 17.7 Å². The molecular formula is C19H22BrFN2O3. The van der Waals surface area contributed by atoms with E-state index in [2.05, 4.69) is 21.2 Å². The zero-order valence-corrected chi connectivity index (χ0v) is 16.3. The summed E-state index contributed by atoms with van der Waals surface area (Å²) in [5.41, 5.74) is 1.86. The number of pyridine rings is 1. The van der Waals surface area contributed by atoms with Crippen LogP contribution >= 0.6 is 15.9 Å². The molecule has 2 aromatic rings. The van der Waals surface area contributed by atoms with Crippen LogP contribution < -0.4 is 15.6 Å². The second kappa shape index (κ2) is 7.19. The van der Waals surface area contributed by atoms with E-state index in [-0.39, 0.29) is 16.8 Å². The third kappa shape index (κ3) is 2.91. The van der Waals surface area contributed by atoms with Gasteiger partial charge in [0.25, 0.3) is 5.56 Å². The number of benzene rings is 1. The van der Waals surface area contributed by atoms with Crippen molar-refractivity contribution < 1.29 is 13.9 Å². The Kier molecular flexibility index (Phi) is 4.92. The lowest BCUT2D eigenvalue weighted by atomic mass is 9.83. The van der Waals surface area contributed by atoms with E-state index >= 15 is 0 Å². The first-order chi connectivity index (χ1) is 12.6. The van der Waals surface area contributed by atoms with Crippen molar-refractivity contribution in [3.63, 3.8) is 0 Å². The van der Waals surface area contributed by atoms with Crippen molar-refractivity contribution in [2.24, 2.45) is 5.92 Å². The molecule has 0 atom stereocenters. The molecule has 0 unspecified atom stereocenters. The summed E-state index contributed by atoms with van der Waals surface area (Å²) in [5, 5.41) is 3.68. The fourth-order valence-electron chi connectivity index (χ4n) is 3.87. The maximum Gasteiger partial charge on any atom is 0.274 e. The van der Waals surface area contributed by atoms with Gasteiger partial charge < -0.3 is 19.4 Å². The monoisotopic (exact) mass is 424 g/mol. The van der Waals surface area contributed by atoms with Crippen LogP contribution in [0.5, 0.6) is 5.75 Å². The van der Waals surface area contributed by atoms with Crippen molar-refractivity contribution >= 4 is 32.5 Å². The zero-order valence-electron chi connectivity index (χ0n) is 14.7. The van der Waals surface area contributed by atoms with Crippen molar-refractivity contribution in [3.05, 3.63) is 32.3 Å². The average molecular weight is 425 g/mol. The molecule has 140 valence electrons. The van der Waals surface area contributed by atoms with E-state index in [1.54, 1.807) is 10.6 Å². The van der Waals surface area contributed by atoms with E-state index < -0.39 is 5.82 Å². The van der Waals surface area contributed by atoms with E-state index in [1.165, 1.54) is 26.4 Å². The highest BCUT2D eigenvalue weighted by molar-refractivity contribution is 9.10. The first kappa shape index (κ1) is 17.8. The lowest BCUT2D eigenvalue weighted by Gasteiger charge is -2.25. The molecule has 0 amide bonds. The summed E-state index contributed by atoms with van der Waals surface area (Å²) in [4.78, 5) is 12.8. The number of nitrogens with one attached hydrogen (secondary N) is 1. The molecular weight excluding hydrogens is 403 g/mol. The summed E-state index contributed by atoms with van der Waals surface area (Å²) in [6.07, 6.45) is 5.55. The van der Waals surface area contributed by atoms with Gasteiger partial charge in [-0.1, -0.05) is 19.3 Å². The summed E-state index contributed by atoms with van der Waals surface area (Å²) in [5.74, 6) is 0.777. The van der Waals surface area contributed by atoms with Crippen molar-refractivity contribution in [2.75, 3.05) is 25.8 Å². The minimum atomic E-state index is -0.410. The largest absolute Gasteiger partial charge is 0.466 e. The molecule has 1 aromatic heterocycles. The molecule has 2 heterocycles. The molecule has 1 saturated carbocycles. The van der Waals surface area contributed by atoms with Crippen LogP contribution in [0.25, 0.3) is 10.9 Å². The van der Waals surface area contributed by atoms with Gasteiger partial charge in [0.2, 0.25) is 0 Å². The summed E-state index contributed by atoms with van der Waals surface area (Å²) < 4.78 is 27.4. The van der Waals surface area contributed by atoms with Gasteiger partial charge in [-0.15, -0.1) is 0 Å². The first-order valence-corrected chi connectivity index (χ1v) is 9.84. The normalized spacial score (nSPS) is 16.1. The van der Waals surface area contributed by atoms with E-state index in [4.69, 9.17) is 9.47 Å². The van der Waals surface area contributed by atoms with Crippen molar-refractivity contribution in [3.8, 4) is 5.75 Å². The van der Waals surface area contributed by atoms with Crippen LogP contribution in [0.4, 0.5) is 10.1 Å². The van der Waals surface area contributed by atoms with Gasteiger partial charge >= 0.3 is 0 Å². The Bertz CT molecular complexity index is 908. The number of methoxy groups -OCH3 is 1. The minimum absolute atomic E-state index is 0.0293. The van der Waals surface area contributed by atoms with Crippen LogP contribution in [0.1, 0.15) is 31.2 Å². The molecule has 0 radical (unpaired) electrons. The molecule has 26 heavy (non-hydrogen) atoms. The zero-order chi connectivity index (χ0) is 18.3. The van der Waals surface area contributed by atoms with Crippen LogP contribution in [0.2, 0.25) is 0 Å². The van der Waals surface area contributed by atoms with Gasteiger partial charge in [0.05, 0.1) is 9.99 Å². The molecule has 2 aliphatic rings. The molecule has 1 aliphatic carbocycles. The summed E-state index contributed by atoms with van der Waals surface area (Å²) in [7, 11) is 1.52. The molecule has 1 fully saturated rings. The summed E-state index contributed by atoms with van der Waals surface area (Å²) in [6.45, 7) is 1.31. The van der Waals surface area contributed by atoms with Gasteiger partial charge in [-0.2, -0.15) is 0 Å². The van der Waals surface area contributed by atoms with Crippen LogP contribution in [0.3, 0.4) is 0 Å². The molecule has 0 saturated heterocycles. The first-order valence-electron chi connectivity index (χ1n) is 9.04. The van der Waals surface area contributed by atoms with Crippen molar-refractivity contribution in [1.29, 1.82) is 0 Å². The quantitative estimate of drug-likeness (QED) is 0.681. The lowest BCUT2D eigenvalue weighted by molar-refractivity contribution is 0.0498. The number of aryl methyl sites for hydroxylation is 2. The number of anilines is 1. The molecule has 1 aliphatic heterocycles. The molecule has 7 heteroatoms. The fraction of sp³-hybridized carbons (Fsp3) is 0.526. The fourth-order valence-corrected chi connectivity index (χ4v) is 4.44. The number of aromatic nitrogens is 1. The van der Waals surface area contributed by atoms with Crippen LogP contribution in [-0.4, -0.2) is 25.0 Å². The molecule has 0 spiro atoms. The van der Waals surface area contributed by atoms with E-state index in [9.17, 15) is 9.18 Å². The maximum absolute atomic E-state index is 15.0. The summed E-state index contributed by atoms with van der Waals surface area (Å²) >= 11 is 3.31. The second-order valence-electron chi connectivity index (χ2n) is 7.03. The van der Waals surface area contributed by atoms with Gasteiger partial charge in [-0.25, -0.2) is 4.39 Å². The molecule has 4 rings (SSSR count). The Balaban J connectivity index is 1.73. The Labute approximate surface area is 159 Å². The topological polar surface area (TPSA) is 52.5 Å². The maximum atomic E-state index is 15.0. The minimum Gasteiger partial charge on any atom is -0.466 e. The number of rotatable bonds is 7. The number of hydrogen-bond acceptors (Lipinski definition) is 4. The molecule has 0 bridgehead atoms. The van der Waals surface area contributed by atoms with E-state index in [1.807, 2.05) is 0 Å².